The highest BCUT2D eigenvalue weighted by Crippen LogP contribution is 2.33. The SMILES string of the molecule is Cl.Cn1c(=O)c2c(ncn2[C@H]2CN(C(=O)c3ccc(CN)cc3)C[C@H](O)C[C@]2(C)O)n(C)c1=O. The molecule has 0 spiro atoms. The number of amides is 1. The lowest BCUT2D eigenvalue weighted by Gasteiger charge is -2.34. The van der Waals surface area contributed by atoms with E-state index in [1.165, 1.54) is 34.5 Å². The van der Waals surface area contributed by atoms with Gasteiger partial charge in [-0.3, -0.25) is 18.7 Å². The Hall–Kier alpha value is -2.99. The maximum atomic E-state index is 13.3. The number of halogens is 1. The van der Waals surface area contributed by atoms with E-state index in [4.69, 9.17) is 5.73 Å². The third-order valence-corrected chi connectivity index (χ3v) is 6.42. The van der Waals surface area contributed by atoms with Crippen molar-refractivity contribution < 1.29 is 15.0 Å². The fraction of sp³-hybridized carbons (Fsp3) is 0.455. The number of aliphatic hydroxyl groups excluding tert-OH is 1. The van der Waals surface area contributed by atoms with Gasteiger partial charge in [-0.2, -0.15) is 0 Å². The Bertz CT molecular complexity index is 1330. The molecule has 1 amide bonds. The summed E-state index contributed by atoms with van der Waals surface area (Å²) in [6, 6.07) is 6.09. The fourth-order valence-electron chi connectivity index (χ4n) is 4.53. The average molecular weight is 493 g/mol. The van der Waals surface area contributed by atoms with Gasteiger partial charge in [0, 0.05) is 45.7 Å². The first-order valence-electron chi connectivity index (χ1n) is 10.7. The van der Waals surface area contributed by atoms with Crippen LogP contribution in [0.3, 0.4) is 0 Å². The first-order valence-corrected chi connectivity index (χ1v) is 10.7. The molecule has 0 saturated carbocycles. The molecule has 184 valence electrons. The lowest BCUT2D eigenvalue weighted by molar-refractivity contribution is -0.0216. The lowest BCUT2D eigenvalue weighted by Crippen LogP contribution is -2.44. The predicted octanol–water partition coefficient (Wildman–Crippen LogP) is -0.487. The number of carbonyl (C=O) groups is 1. The van der Waals surface area contributed by atoms with Crippen molar-refractivity contribution in [1.82, 2.24) is 23.6 Å². The van der Waals surface area contributed by atoms with Gasteiger partial charge in [-0.15, -0.1) is 12.4 Å². The summed E-state index contributed by atoms with van der Waals surface area (Å²) in [6.45, 7) is 1.96. The number of nitrogens with two attached hydrogens (primary N) is 1. The first-order chi connectivity index (χ1) is 15.5. The van der Waals surface area contributed by atoms with Crippen LogP contribution in [-0.4, -0.2) is 64.5 Å². The molecule has 12 heteroatoms. The Labute approximate surface area is 201 Å². The third kappa shape index (κ3) is 4.27. The fourth-order valence-corrected chi connectivity index (χ4v) is 4.53. The molecule has 0 bridgehead atoms. The summed E-state index contributed by atoms with van der Waals surface area (Å²) in [4.78, 5) is 44.2. The van der Waals surface area contributed by atoms with Gasteiger partial charge in [0.05, 0.1) is 24.1 Å². The average Bonchev–Trinajstić information content (AvgIpc) is 3.17. The van der Waals surface area contributed by atoms with Gasteiger partial charge in [0.2, 0.25) is 0 Å². The highest BCUT2D eigenvalue weighted by molar-refractivity contribution is 5.94. The summed E-state index contributed by atoms with van der Waals surface area (Å²) in [7, 11) is 2.88. The van der Waals surface area contributed by atoms with Crippen molar-refractivity contribution in [3.8, 4) is 0 Å². The van der Waals surface area contributed by atoms with Crippen molar-refractivity contribution >= 4 is 29.5 Å². The standard InChI is InChI=1S/C22H28N6O5.ClH/c1-22(33)8-15(29)10-27(19(30)14-6-4-13(9-23)5-7-14)11-16(22)28-12-24-18-17(28)20(31)26(3)21(32)25(18)2;/h4-7,12,15-16,29,33H,8-11,23H2,1-3H3;1H/t15-,16+,22+;/m1./s1. The van der Waals surface area contributed by atoms with Crippen LogP contribution in [0.4, 0.5) is 0 Å². The molecular weight excluding hydrogens is 464 g/mol. The molecule has 34 heavy (non-hydrogen) atoms. The molecule has 3 aromatic rings. The van der Waals surface area contributed by atoms with E-state index in [1.807, 2.05) is 0 Å². The highest BCUT2D eigenvalue weighted by Gasteiger charge is 2.42. The van der Waals surface area contributed by atoms with Gasteiger partial charge in [0.25, 0.3) is 11.5 Å². The number of carbonyl (C=O) groups excluding carboxylic acids is 1. The number of aliphatic hydroxyl groups is 2. The normalized spacial score (nSPS) is 22.9. The minimum atomic E-state index is -1.47. The highest BCUT2D eigenvalue weighted by atomic mass is 35.5. The number of benzene rings is 1. The molecule has 1 saturated heterocycles. The zero-order valence-electron chi connectivity index (χ0n) is 19.2. The largest absolute Gasteiger partial charge is 0.391 e. The van der Waals surface area contributed by atoms with Crippen LogP contribution < -0.4 is 17.0 Å². The Morgan fingerprint density at radius 3 is 2.44 bits per heavy atom. The van der Waals surface area contributed by atoms with Crippen LogP contribution in [0.1, 0.15) is 35.3 Å². The van der Waals surface area contributed by atoms with Gasteiger partial charge in [-0.05, 0) is 24.6 Å². The van der Waals surface area contributed by atoms with Crippen molar-refractivity contribution in [2.45, 2.75) is 37.6 Å². The van der Waals surface area contributed by atoms with Crippen LogP contribution in [0.5, 0.6) is 0 Å². The van der Waals surface area contributed by atoms with Crippen LogP contribution in [0.15, 0.2) is 40.2 Å². The number of likely N-dealkylation sites (tertiary alicyclic amines) is 1. The summed E-state index contributed by atoms with van der Waals surface area (Å²) in [5.41, 5.74) is 4.73. The smallest absolute Gasteiger partial charge is 0.332 e. The second-order valence-electron chi connectivity index (χ2n) is 8.87. The van der Waals surface area contributed by atoms with Crippen molar-refractivity contribution in [3.63, 3.8) is 0 Å². The maximum Gasteiger partial charge on any atom is 0.332 e. The Balaban J connectivity index is 0.00000324. The Kier molecular flexibility index (Phi) is 7.04. The van der Waals surface area contributed by atoms with Gasteiger partial charge in [-0.1, -0.05) is 12.1 Å². The summed E-state index contributed by atoms with van der Waals surface area (Å²) in [6.07, 6.45) is 0.402. The maximum absolute atomic E-state index is 13.3. The van der Waals surface area contributed by atoms with Crippen LogP contribution >= 0.6 is 12.4 Å². The number of β-amino-alcohol motifs (C(OH)–C–C–N with tert-alkyl or cyclic N) is 1. The number of hydrogen-bond acceptors (Lipinski definition) is 7. The lowest BCUT2D eigenvalue weighted by atomic mass is 9.91. The second-order valence-corrected chi connectivity index (χ2v) is 8.87. The predicted molar refractivity (Wildman–Crippen MR) is 128 cm³/mol. The molecule has 1 aliphatic rings. The summed E-state index contributed by atoms with van der Waals surface area (Å²) in [5, 5.41) is 21.9. The molecule has 3 heterocycles. The van der Waals surface area contributed by atoms with Crippen molar-refractivity contribution in [2.24, 2.45) is 19.8 Å². The quantitative estimate of drug-likeness (QED) is 0.446. The number of nitrogens with zero attached hydrogens (tertiary/aromatic N) is 5. The molecule has 0 radical (unpaired) electrons. The molecule has 11 nitrogen and oxygen atoms in total. The molecule has 2 aromatic heterocycles. The van der Waals surface area contributed by atoms with Crippen LogP contribution in [0, 0.1) is 0 Å². The molecule has 0 unspecified atom stereocenters. The van der Waals surface area contributed by atoms with Gasteiger partial charge in [0.1, 0.15) is 0 Å². The van der Waals surface area contributed by atoms with Crippen molar-refractivity contribution in [3.05, 3.63) is 62.6 Å². The minimum Gasteiger partial charge on any atom is -0.391 e. The number of aromatic nitrogens is 4. The zero-order valence-corrected chi connectivity index (χ0v) is 20.0. The van der Waals surface area contributed by atoms with E-state index in [2.05, 4.69) is 4.98 Å². The van der Waals surface area contributed by atoms with Crippen LogP contribution in [-0.2, 0) is 20.6 Å². The van der Waals surface area contributed by atoms with E-state index in [-0.39, 0.29) is 49.0 Å². The van der Waals surface area contributed by atoms with Crippen LogP contribution in [0.25, 0.3) is 11.2 Å². The number of imidazole rings is 1. The molecular formula is C22H29ClN6O5. The number of fused-ring (bicyclic) bond motifs is 1. The van der Waals surface area contributed by atoms with E-state index in [0.29, 0.717) is 12.1 Å². The van der Waals surface area contributed by atoms with Gasteiger partial charge in [0.15, 0.2) is 11.2 Å². The molecule has 4 rings (SSSR count). The van der Waals surface area contributed by atoms with Gasteiger partial charge in [-0.25, -0.2) is 9.78 Å². The van der Waals surface area contributed by atoms with E-state index in [0.717, 1.165) is 10.1 Å². The molecule has 1 fully saturated rings. The number of aryl methyl sites for hydroxylation is 1. The van der Waals surface area contributed by atoms with E-state index in [1.54, 1.807) is 31.2 Å². The van der Waals surface area contributed by atoms with Crippen LogP contribution in [0.2, 0.25) is 0 Å². The first kappa shape index (κ1) is 25.6. The Morgan fingerprint density at radius 1 is 1.18 bits per heavy atom. The summed E-state index contributed by atoms with van der Waals surface area (Å²) >= 11 is 0. The van der Waals surface area contributed by atoms with E-state index >= 15 is 0 Å². The molecule has 3 atom stereocenters. The van der Waals surface area contributed by atoms with Crippen molar-refractivity contribution in [2.75, 3.05) is 13.1 Å². The molecule has 1 aliphatic heterocycles. The van der Waals surface area contributed by atoms with Gasteiger partial charge >= 0.3 is 5.69 Å². The third-order valence-electron chi connectivity index (χ3n) is 6.42. The Morgan fingerprint density at radius 2 is 1.82 bits per heavy atom. The second kappa shape index (κ2) is 9.34. The summed E-state index contributed by atoms with van der Waals surface area (Å²) in [5.74, 6) is -0.315. The summed E-state index contributed by atoms with van der Waals surface area (Å²) < 4.78 is 3.74. The molecule has 0 aliphatic carbocycles. The molecule has 1 aromatic carbocycles. The number of hydrogen-bond donors (Lipinski definition) is 3. The topological polar surface area (TPSA) is 149 Å². The zero-order chi connectivity index (χ0) is 24.1. The van der Waals surface area contributed by atoms with E-state index < -0.39 is 29.0 Å². The molecule has 4 N–H and O–H groups in total. The minimum absolute atomic E-state index is 0. The monoisotopic (exact) mass is 492 g/mol. The number of rotatable bonds is 3. The van der Waals surface area contributed by atoms with E-state index in [9.17, 15) is 24.6 Å². The van der Waals surface area contributed by atoms with Gasteiger partial charge < -0.3 is 25.4 Å². The van der Waals surface area contributed by atoms with Crippen molar-refractivity contribution in [1.29, 1.82) is 0 Å².